The van der Waals surface area contributed by atoms with Crippen molar-refractivity contribution in [2.45, 2.75) is 0 Å². The molecule has 0 saturated heterocycles. The Balaban J connectivity index is 2.93. The zero-order valence-electron chi connectivity index (χ0n) is 8.49. The largest absolute Gasteiger partial charge is 0.497 e. The number of rotatable bonds is 3. The van der Waals surface area contributed by atoms with Crippen LogP contribution in [0.25, 0.3) is 6.08 Å². The molecular weight excluding hydrogens is 260 g/mol. The number of methoxy groups -OCH3 is 2. The molecule has 0 bridgehead atoms. The second kappa shape index (κ2) is 5.56. The molecule has 0 radical (unpaired) electrons. The summed E-state index contributed by atoms with van der Waals surface area (Å²) in [4.78, 5) is 10.9. The lowest BCUT2D eigenvalue weighted by atomic mass is 10.2. The van der Waals surface area contributed by atoms with E-state index < -0.39 is 0 Å². The highest BCUT2D eigenvalue weighted by Gasteiger charge is 1.99. The molecule has 0 spiro atoms. The van der Waals surface area contributed by atoms with Crippen molar-refractivity contribution in [2.75, 3.05) is 14.2 Å². The summed E-state index contributed by atoms with van der Waals surface area (Å²) >= 11 is 3.37. The van der Waals surface area contributed by atoms with Crippen LogP contribution < -0.4 is 4.74 Å². The van der Waals surface area contributed by atoms with E-state index in [4.69, 9.17) is 4.74 Å². The second-order valence-corrected chi connectivity index (χ2v) is 3.60. The molecule has 0 amide bonds. The van der Waals surface area contributed by atoms with Gasteiger partial charge in [-0.05, 0) is 29.8 Å². The smallest absolute Gasteiger partial charge is 0.330 e. The molecule has 0 aliphatic rings. The van der Waals surface area contributed by atoms with Gasteiger partial charge in [-0.3, -0.25) is 0 Å². The van der Waals surface area contributed by atoms with E-state index in [-0.39, 0.29) is 5.97 Å². The summed E-state index contributed by atoms with van der Waals surface area (Å²) in [6, 6.07) is 5.51. The van der Waals surface area contributed by atoms with Gasteiger partial charge in [0, 0.05) is 10.5 Å². The summed E-state index contributed by atoms with van der Waals surface area (Å²) in [6.07, 6.45) is 3.03. The van der Waals surface area contributed by atoms with Crippen molar-refractivity contribution in [2.24, 2.45) is 0 Å². The van der Waals surface area contributed by atoms with E-state index in [0.29, 0.717) is 0 Å². The zero-order chi connectivity index (χ0) is 11.3. The number of carbonyl (C=O) groups excluding carboxylic acids is 1. The van der Waals surface area contributed by atoms with Crippen molar-refractivity contribution >= 4 is 28.0 Å². The van der Waals surface area contributed by atoms with Crippen molar-refractivity contribution in [1.82, 2.24) is 0 Å². The molecule has 3 nitrogen and oxygen atoms in total. The Morgan fingerprint density at radius 1 is 1.40 bits per heavy atom. The SMILES string of the molecule is COC(=O)C=Cc1cc(OC)ccc1Br. The van der Waals surface area contributed by atoms with E-state index >= 15 is 0 Å². The Bertz CT molecular complexity index is 385. The van der Waals surface area contributed by atoms with E-state index in [1.807, 2.05) is 18.2 Å². The van der Waals surface area contributed by atoms with Crippen LogP contribution in [0.15, 0.2) is 28.7 Å². The van der Waals surface area contributed by atoms with Gasteiger partial charge < -0.3 is 9.47 Å². The highest BCUT2D eigenvalue weighted by molar-refractivity contribution is 9.10. The number of hydrogen-bond acceptors (Lipinski definition) is 3. The van der Waals surface area contributed by atoms with Crippen LogP contribution in [0, 0.1) is 0 Å². The van der Waals surface area contributed by atoms with Crippen LogP contribution in [0.2, 0.25) is 0 Å². The minimum absolute atomic E-state index is 0.385. The maximum absolute atomic E-state index is 10.9. The molecule has 0 aliphatic heterocycles. The molecule has 0 aromatic heterocycles. The molecule has 80 valence electrons. The fourth-order valence-corrected chi connectivity index (χ4v) is 1.38. The van der Waals surface area contributed by atoms with Gasteiger partial charge in [0.15, 0.2) is 0 Å². The molecule has 0 fully saturated rings. The number of ether oxygens (including phenoxy) is 2. The van der Waals surface area contributed by atoms with Gasteiger partial charge in [0.25, 0.3) is 0 Å². The van der Waals surface area contributed by atoms with Crippen molar-refractivity contribution < 1.29 is 14.3 Å². The first kappa shape index (κ1) is 11.8. The molecule has 1 aromatic rings. The van der Waals surface area contributed by atoms with Crippen molar-refractivity contribution in [3.05, 3.63) is 34.3 Å². The maximum Gasteiger partial charge on any atom is 0.330 e. The Morgan fingerprint density at radius 3 is 2.73 bits per heavy atom. The predicted octanol–water partition coefficient (Wildman–Crippen LogP) is 2.64. The van der Waals surface area contributed by atoms with E-state index in [9.17, 15) is 4.79 Å². The Hall–Kier alpha value is -1.29. The van der Waals surface area contributed by atoms with Crippen LogP contribution in [-0.2, 0) is 9.53 Å². The molecule has 15 heavy (non-hydrogen) atoms. The highest BCUT2D eigenvalue weighted by atomic mass is 79.9. The molecule has 0 heterocycles. The van der Waals surface area contributed by atoms with Crippen LogP contribution in [0.1, 0.15) is 5.56 Å². The number of esters is 1. The van der Waals surface area contributed by atoms with Crippen molar-refractivity contribution in [3.8, 4) is 5.75 Å². The maximum atomic E-state index is 10.9. The average molecular weight is 271 g/mol. The molecule has 4 heteroatoms. The minimum Gasteiger partial charge on any atom is -0.497 e. The fraction of sp³-hybridized carbons (Fsp3) is 0.182. The molecule has 0 saturated carbocycles. The standard InChI is InChI=1S/C11H11BrO3/c1-14-9-4-5-10(12)8(7-9)3-6-11(13)15-2/h3-7H,1-2H3. The second-order valence-electron chi connectivity index (χ2n) is 2.74. The topological polar surface area (TPSA) is 35.5 Å². The van der Waals surface area contributed by atoms with Crippen LogP contribution in [0.3, 0.4) is 0 Å². The van der Waals surface area contributed by atoms with Gasteiger partial charge in [-0.2, -0.15) is 0 Å². The quantitative estimate of drug-likeness (QED) is 0.626. The van der Waals surface area contributed by atoms with E-state index in [0.717, 1.165) is 15.8 Å². The van der Waals surface area contributed by atoms with E-state index in [2.05, 4.69) is 20.7 Å². The first-order valence-electron chi connectivity index (χ1n) is 4.27. The molecule has 1 aromatic carbocycles. The van der Waals surface area contributed by atoms with Crippen LogP contribution >= 0.6 is 15.9 Å². The Labute approximate surface area is 96.8 Å². The monoisotopic (exact) mass is 270 g/mol. The molecule has 0 N–H and O–H groups in total. The lowest BCUT2D eigenvalue weighted by molar-refractivity contribution is -0.134. The van der Waals surface area contributed by atoms with Gasteiger partial charge in [0.05, 0.1) is 14.2 Å². The highest BCUT2D eigenvalue weighted by Crippen LogP contribution is 2.23. The molecule has 1 rings (SSSR count). The third-order valence-corrected chi connectivity index (χ3v) is 2.53. The lowest BCUT2D eigenvalue weighted by Gasteiger charge is -2.02. The van der Waals surface area contributed by atoms with Gasteiger partial charge in [0.2, 0.25) is 0 Å². The molecular formula is C11H11BrO3. The first-order valence-corrected chi connectivity index (χ1v) is 5.06. The van der Waals surface area contributed by atoms with Crippen LogP contribution in [0.4, 0.5) is 0 Å². The normalized spacial score (nSPS) is 10.3. The summed E-state index contributed by atoms with van der Waals surface area (Å²) < 4.78 is 10.5. The number of hydrogen-bond donors (Lipinski definition) is 0. The summed E-state index contributed by atoms with van der Waals surface area (Å²) in [5, 5.41) is 0. The lowest BCUT2D eigenvalue weighted by Crippen LogP contribution is -1.93. The number of carbonyl (C=O) groups is 1. The summed E-state index contributed by atoms with van der Waals surface area (Å²) in [5.74, 6) is 0.354. The molecule has 0 aliphatic carbocycles. The van der Waals surface area contributed by atoms with Crippen molar-refractivity contribution in [3.63, 3.8) is 0 Å². The molecule has 0 unspecified atom stereocenters. The summed E-state index contributed by atoms with van der Waals surface area (Å²) in [7, 11) is 2.93. The Kier molecular flexibility index (Phi) is 4.37. The van der Waals surface area contributed by atoms with E-state index in [1.165, 1.54) is 13.2 Å². The van der Waals surface area contributed by atoms with Crippen molar-refractivity contribution in [1.29, 1.82) is 0 Å². The van der Waals surface area contributed by atoms with E-state index in [1.54, 1.807) is 13.2 Å². The van der Waals surface area contributed by atoms with Gasteiger partial charge in [-0.25, -0.2) is 4.79 Å². The summed E-state index contributed by atoms with van der Waals surface area (Å²) in [5.41, 5.74) is 0.861. The van der Waals surface area contributed by atoms with Crippen LogP contribution in [-0.4, -0.2) is 20.2 Å². The number of benzene rings is 1. The van der Waals surface area contributed by atoms with Gasteiger partial charge in [-0.1, -0.05) is 15.9 Å². The third-order valence-electron chi connectivity index (χ3n) is 1.80. The average Bonchev–Trinajstić information content (AvgIpc) is 2.27. The zero-order valence-corrected chi connectivity index (χ0v) is 10.1. The number of halogens is 1. The summed E-state index contributed by atoms with van der Waals surface area (Å²) in [6.45, 7) is 0. The van der Waals surface area contributed by atoms with Crippen LogP contribution in [0.5, 0.6) is 5.75 Å². The minimum atomic E-state index is -0.385. The molecule has 0 atom stereocenters. The first-order chi connectivity index (χ1) is 7.17. The van der Waals surface area contributed by atoms with Gasteiger partial charge >= 0.3 is 5.97 Å². The fourth-order valence-electron chi connectivity index (χ4n) is 1.00. The predicted molar refractivity (Wildman–Crippen MR) is 61.7 cm³/mol. The third kappa shape index (κ3) is 3.40. The van der Waals surface area contributed by atoms with Gasteiger partial charge in [-0.15, -0.1) is 0 Å². The Morgan fingerprint density at radius 2 is 2.13 bits per heavy atom. The van der Waals surface area contributed by atoms with Gasteiger partial charge in [0.1, 0.15) is 5.75 Å².